The molecule has 0 saturated carbocycles. The zero-order valence-corrected chi connectivity index (χ0v) is 48.8. The summed E-state index contributed by atoms with van der Waals surface area (Å²) in [5.74, 6) is -10.5. The topological polar surface area (TPSA) is 511 Å². The summed E-state index contributed by atoms with van der Waals surface area (Å²) in [5, 5.41) is 59.6. The summed E-state index contributed by atoms with van der Waals surface area (Å²) in [6, 6.07) is -7.34. The van der Waals surface area contributed by atoms with Crippen LogP contribution in [0, 0.1) is 0 Å². The van der Waals surface area contributed by atoms with Gasteiger partial charge in [-0.15, -0.1) is 0 Å². The fourth-order valence-corrected chi connectivity index (χ4v) is 8.88. The number of amides is 11. The molecule has 0 aromatic heterocycles. The Balaban J connectivity index is 2.65. The Morgan fingerprint density at radius 1 is 0.536 bits per heavy atom. The lowest BCUT2D eigenvalue weighted by Crippen LogP contribution is -2.62. The third kappa shape index (κ3) is 25.9. The van der Waals surface area contributed by atoms with E-state index in [-0.39, 0.29) is 77.7 Å². The highest BCUT2D eigenvalue weighted by atomic mass is 16.3. The third-order valence-corrected chi connectivity index (χ3v) is 13.7. The van der Waals surface area contributed by atoms with Gasteiger partial charge in [0.15, 0.2) is 0 Å². The van der Waals surface area contributed by atoms with Gasteiger partial charge in [0, 0.05) is 19.4 Å². The first-order valence-corrected chi connectivity index (χ1v) is 28.9. The number of unbranched alkanes of at least 4 members (excludes halogenated alkanes) is 5. The number of aliphatic hydroxyl groups excluding tert-OH is 3. The number of carbonyl (C=O) groups is 11. The smallest absolute Gasteiger partial charge is 0.245 e. The second-order valence-electron chi connectivity index (χ2n) is 20.8. The highest BCUT2D eigenvalue weighted by Crippen LogP contribution is 2.11. The van der Waals surface area contributed by atoms with E-state index < -0.39 is 157 Å². The maximum Gasteiger partial charge on any atom is 0.245 e. The summed E-state index contributed by atoms with van der Waals surface area (Å²) in [6.45, 7) is 4.30. The number of aliphatic hydroxyl groups is 3. The molecule has 11 amide bonds. The van der Waals surface area contributed by atoms with Crippen LogP contribution >= 0.6 is 0 Å². The Hall–Kier alpha value is -6.93. The van der Waals surface area contributed by atoms with Crippen molar-refractivity contribution in [1.82, 2.24) is 58.5 Å². The van der Waals surface area contributed by atoms with Crippen molar-refractivity contribution in [3.8, 4) is 0 Å². The van der Waals surface area contributed by atoms with Gasteiger partial charge in [0.1, 0.15) is 60.4 Å². The fourth-order valence-electron chi connectivity index (χ4n) is 8.88. The summed E-state index contributed by atoms with van der Waals surface area (Å²) in [4.78, 5) is 153. The minimum atomic E-state index is -1.77. The largest absolute Gasteiger partial charge is 0.391 e. The number of nitrogens with two attached hydrogens (primary N) is 5. The summed E-state index contributed by atoms with van der Waals surface area (Å²) in [5.41, 5.74) is 29.7. The van der Waals surface area contributed by atoms with Gasteiger partial charge in [-0.1, -0.05) is 69.4 Å². The monoisotopic (exact) mass is 1190 g/mol. The molecule has 1 fully saturated rings. The molecule has 1 aromatic carbocycles. The highest BCUT2D eigenvalue weighted by Gasteiger charge is 2.38. The van der Waals surface area contributed by atoms with E-state index in [0.29, 0.717) is 12.0 Å². The lowest BCUT2D eigenvalue weighted by Gasteiger charge is -2.29. The third-order valence-electron chi connectivity index (χ3n) is 13.7. The first-order valence-electron chi connectivity index (χ1n) is 28.9. The molecule has 24 N–H and O–H groups in total. The van der Waals surface area contributed by atoms with Crippen LogP contribution in [0.15, 0.2) is 30.3 Å². The molecular weight excluding hydrogens is 1100 g/mol. The average Bonchev–Trinajstić information content (AvgIpc) is 3.45. The van der Waals surface area contributed by atoms with Crippen LogP contribution in [0.3, 0.4) is 0 Å². The number of hydrogen-bond acceptors (Lipinski definition) is 19. The highest BCUT2D eigenvalue weighted by molar-refractivity contribution is 5.99. The number of nitrogens with one attached hydrogen (secondary N) is 11. The van der Waals surface area contributed by atoms with Crippen molar-refractivity contribution in [2.45, 2.75) is 196 Å². The molecule has 0 spiro atoms. The standard InChI is InChI=1S/C54H94N16O14/c1-5-6-7-8-9-13-16-41(74)61-34(17-23-55)49(79)69-43(31(3)72)53(83)66-37(20-26-58)46(76)64-39-22-28-60-52(82)42(30(2)71)68-50(80)38(21-27-59)63-45(75)36(19-25-57)65-54(84)44(32(4)73)70-51(81)40(29-33-14-11-10-12-15-33)67-47(77)35(18-24-56)62-48(39)78/h10-12,14-15,30-32,34-40,42-44,71-73H,5-9,13,16-29,55-59H2,1-4H3,(H,60,82)(H,61,74)(H,62,78)(H,63,75)(H,64,76)(H,65,84)(H,66,83)(H,67,77)(H,68,80)(H,69,79)(H,70,81)/t30-,31-,32-,34+,35+,36+,37+,38+,39+,40+,42+,43+,44+/m1/s1. The van der Waals surface area contributed by atoms with Gasteiger partial charge in [-0.2, -0.15) is 0 Å². The van der Waals surface area contributed by atoms with Crippen molar-refractivity contribution in [3.63, 3.8) is 0 Å². The maximum atomic E-state index is 14.5. The Bertz CT molecular complexity index is 2280. The molecule has 0 unspecified atom stereocenters. The lowest BCUT2D eigenvalue weighted by atomic mass is 10.0. The molecule has 13 atom stereocenters. The van der Waals surface area contributed by atoms with E-state index in [1.54, 1.807) is 30.3 Å². The molecule has 1 aliphatic heterocycles. The molecule has 1 aliphatic rings. The molecule has 0 bridgehead atoms. The summed E-state index contributed by atoms with van der Waals surface area (Å²) < 4.78 is 0. The summed E-state index contributed by atoms with van der Waals surface area (Å²) in [6.07, 6.45) is -0.827. The minimum absolute atomic E-state index is 0.0221. The Kier molecular flexibility index (Phi) is 34.5. The Morgan fingerprint density at radius 3 is 1.51 bits per heavy atom. The van der Waals surface area contributed by atoms with Crippen molar-refractivity contribution in [3.05, 3.63) is 35.9 Å². The van der Waals surface area contributed by atoms with E-state index >= 15 is 0 Å². The molecule has 1 aromatic rings. The molecule has 30 heteroatoms. The van der Waals surface area contributed by atoms with Crippen LogP contribution < -0.4 is 87.2 Å². The predicted octanol–water partition coefficient (Wildman–Crippen LogP) is -6.77. The Labute approximate surface area is 490 Å². The number of carbonyl (C=O) groups excluding carboxylic acids is 11. The number of benzene rings is 1. The predicted molar refractivity (Wildman–Crippen MR) is 308 cm³/mol. The van der Waals surface area contributed by atoms with Crippen LogP contribution in [-0.2, 0) is 59.2 Å². The molecule has 2 rings (SSSR count). The summed E-state index contributed by atoms with van der Waals surface area (Å²) >= 11 is 0. The zero-order chi connectivity index (χ0) is 62.9. The molecule has 474 valence electrons. The molecule has 1 saturated heterocycles. The number of hydrogen-bond donors (Lipinski definition) is 19. The van der Waals surface area contributed by atoms with Crippen molar-refractivity contribution >= 4 is 65.0 Å². The first-order chi connectivity index (χ1) is 40.0. The number of rotatable bonds is 29. The fraction of sp³-hybridized carbons (Fsp3) is 0.685. The van der Waals surface area contributed by atoms with E-state index in [1.807, 2.05) is 0 Å². The van der Waals surface area contributed by atoms with E-state index in [0.717, 1.165) is 32.1 Å². The van der Waals surface area contributed by atoms with Crippen LogP contribution in [0.2, 0.25) is 0 Å². The van der Waals surface area contributed by atoms with Crippen LogP contribution in [-0.4, -0.2) is 198 Å². The minimum Gasteiger partial charge on any atom is -0.391 e. The van der Waals surface area contributed by atoms with Gasteiger partial charge >= 0.3 is 0 Å². The zero-order valence-electron chi connectivity index (χ0n) is 48.8. The van der Waals surface area contributed by atoms with Crippen LogP contribution in [0.4, 0.5) is 0 Å². The first kappa shape index (κ1) is 73.2. The van der Waals surface area contributed by atoms with Crippen molar-refractivity contribution in [2.75, 3.05) is 39.3 Å². The quantitative estimate of drug-likeness (QED) is 0.0332. The Morgan fingerprint density at radius 2 is 1.00 bits per heavy atom. The van der Waals surface area contributed by atoms with Gasteiger partial charge in [-0.25, -0.2) is 0 Å². The van der Waals surface area contributed by atoms with E-state index in [9.17, 15) is 68.1 Å². The van der Waals surface area contributed by atoms with Crippen LogP contribution in [0.1, 0.15) is 117 Å². The van der Waals surface area contributed by atoms with Gasteiger partial charge < -0.3 is 102 Å². The van der Waals surface area contributed by atoms with Crippen molar-refractivity contribution < 1.29 is 68.1 Å². The molecule has 1 heterocycles. The van der Waals surface area contributed by atoms with Gasteiger partial charge in [0.2, 0.25) is 65.0 Å². The normalized spacial score (nSPS) is 23.0. The second-order valence-corrected chi connectivity index (χ2v) is 20.8. The van der Waals surface area contributed by atoms with Crippen LogP contribution in [0.5, 0.6) is 0 Å². The molecule has 30 nitrogen and oxygen atoms in total. The van der Waals surface area contributed by atoms with Crippen molar-refractivity contribution in [2.24, 2.45) is 28.7 Å². The van der Waals surface area contributed by atoms with Crippen molar-refractivity contribution in [1.29, 1.82) is 0 Å². The van der Waals surface area contributed by atoms with Crippen LogP contribution in [0.25, 0.3) is 0 Å². The molecule has 0 aliphatic carbocycles. The van der Waals surface area contributed by atoms with E-state index in [2.05, 4.69) is 65.4 Å². The lowest BCUT2D eigenvalue weighted by molar-refractivity contribution is -0.137. The SMILES string of the molecule is CCCCCCCCC(=O)N[C@@H](CCN)C(=O)N[C@H](C(=O)N[C@@H](CCN)C(=O)N[C@H]1CCNC(=O)[C@H]([C@@H](C)O)NC(=O)[C@H](CCN)NC(=O)[C@H](CCN)NC(=O)[C@H]([C@@H](C)O)NC(=O)[C@H](Cc2ccccc2)NC(=O)[C@H](CCN)NC1=O)[C@@H](C)O. The molecule has 84 heavy (non-hydrogen) atoms. The molecular formula is C54H94N16O14. The summed E-state index contributed by atoms with van der Waals surface area (Å²) in [7, 11) is 0. The average molecular weight is 1190 g/mol. The van der Waals surface area contributed by atoms with Gasteiger partial charge in [-0.3, -0.25) is 52.7 Å². The van der Waals surface area contributed by atoms with Gasteiger partial charge in [0.05, 0.1) is 18.3 Å². The van der Waals surface area contributed by atoms with Gasteiger partial charge in [0.25, 0.3) is 0 Å². The van der Waals surface area contributed by atoms with E-state index in [4.69, 9.17) is 28.7 Å². The maximum absolute atomic E-state index is 14.5. The molecule has 0 radical (unpaired) electrons. The van der Waals surface area contributed by atoms with E-state index in [1.165, 1.54) is 20.8 Å². The second kappa shape index (κ2) is 39.6. The van der Waals surface area contributed by atoms with Gasteiger partial charge in [-0.05, 0) is 104 Å².